The molecule has 14 heavy (non-hydrogen) atoms. The van der Waals surface area contributed by atoms with Crippen LogP contribution in [-0.2, 0) is 7.05 Å². The van der Waals surface area contributed by atoms with Crippen molar-refractivity contribution in [2.75, 3.05) is 5.73 Å². The van der Waals surface area contributed by atoms with E-state index in [1.807, 2.05) is 42.1 Å². The number of nitrogens with zero attached hydrogens (tertiary/aromatic N) is 2. The number of aryl methyl sites for hydroxylation is 1. The van der Waals surface area contributed by atoms with Crippen LogP contribution in [0.4, 0.5) is 5.69 Å². The van der Waals surface area contributed by atoms with E-state index in [0.717, 1.165) is 15.7 Å². The maximum Gasteiger partial charge on any atom is 0.172 e. The number of nitrogen functional groups attached to an aromatic ring is 1. The molecule has 0 bridgehead atoms. The fourth-order valence-corrected chi connectivity index (χ4v) is 1.89. The van der Waals surface area contributed by atoms with E-state index >= 15 is 0 Å². The molecule has 0 radical (unpaired) electrons. The van der Waals surface area contributed by atoms with Gasteiger partial charge in [-0.2, -0.15) is 0 Å². The van der Waals surface area contributed by atoms with Crippen molar-refractivity contribution >= 4 is 17.4 Å². The van der Waals surface area contributed by atoms with E-state index in [1.165, 1.54) is 0 Å². The fourth-order valence-electron chi connectivity index (χ4n) is 1.09. The van der Waals surface area contributed by atoms with Gasteiger partial charge in [0.05, 0.1) is 0 Å². The molecule has 0 aliphatic rings. The molecule has 3 nitrogen and oxygen atoms in total. The first-order valence-corrected chi connectivity index (χ1v) is 5.08. The Hall–Kier alpha value is -1.42. The van der Waals surface area contributed by atoms with Crippen molar-refractivity contribution in [3.8, 4) is 0 Å². The van der Waals surface area contributed by atoms with Crippen LogP contribution in [0.5, 0.6) is 0 Å². The van der Waals surface area contributed by atoms with E-state index in [0.29, 0.717) is 0 Å². The van der Waals surface area contributed by atoms with E-state index in [4.69, 9.17) is 5.73 Å². The average molecular weight is 205 g/mol. The highest BCUT2D eigenvalue weighted by Gasteiger charge is 2.01. The van der Waals surface area contributed by atoms with Crippen molar-refractivity contribution in [1.29, 1.82) is 0 Å². The molecule has 0 aliphatic carbocycles. The Morgan fingerprint density at radius 1 is 1.29 bits per heavy atom. The lowest BCUT2D eigenvalue weighted by Gasteiger charge is -2.01. The summed E-state index contributed by atoms with van der Waals surface area (Å²) in [6, 6.07) is 7.78. The average Bonchev–Trinajstić information content (AvgIpc) is 2.56. The molecule has 1 aromatic heterocycles. The van der Waals surface area contributed by atoms with Crippen molar-refractivity contribution in [1.82, 2.24) is 9.55 Å². The summed E-state index contributed by atoms with van der Waals surface area (Å²) in [5.74, 6) is 0. The van der Waals surface area contributed by atoms with E-state index in [1.54, 1.807) is 18.0 Å². The molecule has 0 atom stereocenters. The van der Waals surface area contributed by atoms with Crippen LogP contribution in [0, 0.1) is 0 Å². The lowest BCUT2D eigenvalue weighted by atomic mass is 10.3. The predicted molar refractivity (Wildman–Crippen MR) is 58.2 cm³/mol. The summed E-state index contributed by atoms with van der Waals surface area (Å²) in [4.78, 5) is 5.37. The van der Waals surface area contributed by atoms with Crippen molar-refractivity contribution < 1.29 is 0 Å². The number of rotatable bonds is 2. The van der Waals surface area contributed by atoms with Crippen LogP contribution in [-0.4, -0.2) is 9.55 Å². The van der Waals surface area contributed by atoms with Gasteiger partial charge in [0.1, 0.15) is 0 Å². The van der Waals surface area contributed by atoms with Crippen LogP contribution in [0.1, 0.15) is 0 Å². The van der Waals surface area contributed by atoms with Crippen LogP contribution in [0.25, 0.3) is 0 Å². The summed E-state index contributed by atoms with van der Waals surface area (Å²) >= 11 is 1.63. The topological polar surface area (TPSA) is 43.8 Å². The molecule has 0 saturated carbocycles. The smallest absolute Gasteiger partial charge is 0.172 e. The second kappa shape index (κ2) is 3.75. The van der Waals surface area contributed by atoms with Gasteiger partial charge in [0.15, 0.2) is 5.16 Å². The Morgan fingerprint density at radius 2 is 2.00 bits per heavy atom. The van der Waals surface area contributed by atoms with Crippen molar-refractivity contribution in [2.24, 2.45) is 7.05 Å². The van der Waals surface area contributed by atoms with Gasteiger partial charge in [-0.1, -0.05) is 11.8 Å². The number of anilines is 1. The monoisotopic (exact) mass is 205 g/mol. The number of hydrogen-bond donors (Lipinski definition) is 1. The summed E-state index contributed by atoms with van der Waals surface area (Å²) in [5, 5.41) is 0.981. The molecule has 1 aromatic carbocycles. The Kier molecular flexibility index (Phi) is 2.45. The zero-order valence-corrected chi connectivity index (χ0v) is 8.66. The molecule has 1 heterocycles. The molecule has 2 rings (SSSR count). The highest BCUT2D eigenvalue weighted by molar-refractivity contribution is 7.99. The van der Waals surface area contributed by atoms with E-state index < -0.39 is 0 Å². The second-order valence-corrected chi connectivity index (χ2v) is 4.03. The van der Waals surface area contributed by atoms with Gasteiger partial charge in [0.25, 0.3) is 0 Å². The van der Waals surface area contributed by atoms with Gasteiger partial charge in [0, 0.05) is 30.0 Å². The highest BCUT2D eigenvalue weighted by atomic mass is 32.2. The highest BCUT2D eigenvalue weighted by Crippen LogP contribution is 2.25. The fraction of sp³-hybridized carbons (Fsp3) is 0.100. The third-order valence-electron chi connectivity index (χ3n) is 1.87. The molecule has 0 saturated heterocycles. The van der Waals surface area contributed by atoms with Crippen molar-refractivity contribution in [2.45, 2.75) is 10.1 Å². The third-order valence-corrected chi connectivity index (χ3v) is 2.95. The summed E-state index contributed by atoms with van der Waals surface area (Å²) in [7, 11) is 1.98. The quantitative estimate of drug-likeness (QED) is 0.764. The molecule has 4 heteroatoms. The van der Waals surface area contributed by atoms with Crippen LogP contribution in [0.15, 0.2) is 46.7 Å². The molecule has 0 aliphatic heterocycles. The van der Waals surface area contributed by atoms with Crippen molar-refractivity contribution in [3.63, 3.8) is 0 Å². The van der Waals surface area contributed by atoms with Gasteiger partial charge in [0.2, 0.25) is 0 Å². The van der Waals surface area contributed by atoms with Gasteiger partial charge in [-0.05, 0) is 24.3 Å². The molecule has 2 N–H and O–H groups in total. The molecular weight excluding hydrogens is 194 g/mol. The lowest BCUT2D eigenvalue weighted by molar-refractivity contribution is 0.790. The maximum atomic E-state index is 5.60. The van der Waals surface area contributed by atoms with Crippen LogP contribution < -0.4 is 5.73 Å². The summed E-state index contributed by atoms with van der Waals surface area (Å²) in [6.07, 6.45) is 3.72. The zero-order valence-electron chi connectivity index (χ0n) is 7.84. The van der Waals surface area contributed by atoms with E-state index in [2.05, 4.69) is 4.98 Å². The van der Waals surface area contributed by atoms with Gasteiger partial charge in [-0.15, -0.1) is 0 Å². The Balaban J connectivity index is 2.19. The maximum absolute atomic E-state index is 5.60. The first kappa shape index (κ1) is 9.15. The second-order valence-electron chi connectivity index (χ2n) is 2.99. The Morgan fingerprint density at radius 3 is 2.57 bits per heavy atom. The van der Waals surface area contributed by atoms with Crippen LogP contribution >= 0.6 is 11.8 Å². The molecule has 0 spiro atoms. The molecule has 0 amide bonds. The number of imidazole rings is 1. The van der Waals surface area contributed by atoms with Gasteiger partial charge in [-0.3, -0.25) is 0 Å². The molecule has 72 valence electrons. The predicted octanol–water partition coefficient (Wildman–Crippen LogP) is 2.15. The van der Waals surface area contributed by atoms with Crippen molar-refractivity contribution in [3.05, 3.63) is 36.7 Å². The summed E-state index contributed by atoms with van der Waals surface area (Å²) in [6.45, 7) is 0. The van der Waals surface area contributed by atoms with Crippen LogP contribution in [0.3, 0.4) is 0 Å². The standard InChI is InChI=1S/C10H11N3S/c1-13-7-6-12-10(13)14-9-4-2-8(11)3-5-9/h2-7H,11H2,1H3. The van der Waals surface area contributed by atoms with Gasteiger partial charge >= 0.3 is 0 Å². The minimum atomic E-state index is 0.786. The van der Waals surface area contributed by atoms with Gasteiger partial charge < -0.3 is 10.3 Å². The number of hydrogen-bond acceptors (Lipinski definition) is 3. The summed E-state index contributed by atoms with van der Waals surface area (Å²) < 4.78 is 1.99. The number of benzene rings is 1. The molecule has 0 fully saturated rings. The number of nitrogens with two attached hydrogens (primary N) is 1. The Labute approximate surface area is 87.0 Å². The molecule has 2 aromatic rings. The van der Waals surface area contributed by atoms with E-state index in [-0.39, 0.29) is 0 Å². The van der Waals surface area contributed by atoms with E-state index in [9.17, 15) is 0 Å². The molecule has 0 unspecified atom stereocenters. The lowest BCUT2D eigenvalue weighted by Crippen LogP contribution is -1.88. The number of aromatic nitrogens is 2. The summed E-state index contributed by atoms with van der Waals surface area (Å²) in [5.41, 5.74) is 6.39. The minimum absolute atomic E-state index is 0.786. The van der Waals surface area contributed by atoms with Crippen LogP contribution in [0.2, 0.25) is 0 Å². The Bertz CT molecular complexity index is 419. The largest absolute Gasteiger partial charge is 0.399 e. The normalized spacial score (nSPS) is 10.4. The minimum Gasteiger partial charge on any atom is -0.399 e. The third kappa shape index (κ3) is 1.90. The zero-order chi connectivity index (χ0) is 9.97. The first-order valence-electron chi connectivity index (χ1n) is 4.26. The first-order chi connectivity index (χ1) is 6.75. The van der Waals surface area contributed by atoms with Gasteiger partial charge in [-0.25, -0.2) is 4.98 Å². The molecular formula is C10H11N3S. The SMILES string of the molecule is Cn1ccnc1Sc1ccc(N)cc1.